The molecule has 4 nitrogen and oxygen atoms in total. The first kappa shape index (κ1) is 15.9. The predicted molar refractivity (Wildman–Crippen MR) is 98.0 cm³/mol. The molecule has 0 N–H and O–H groups in total. The quantitative estimate of drug-likeness (QED) is 0.797. The Balaban J connectivity index is 1.52. The number of hydrogen-bond acceptors (Lipinski definition) is 4. The Kier molecular flexibility index (Phi) is 3.75. The minimum atomic E-state index is -0.879. The lowest BCUT2D eigenvalue weighted by atomic mass is 9.76. The number of hydrogen-bond donors (Lipinski definition) is 0. The van der Waals surface area contributed by atoms with Crippen LogP contribution in [0.15, 0.2) is 54.6 Å². The van der Waals surface area contributed by atoms with Gasteiger partial charge in [0.05, 0.1) is 0 Å². The standard InChI is InChI=1S/C22H23NO3/c24-21(26-20-14-16-10-12-23(20)13-11-16)22(17-6-2-1-3-7-17)15-25-19-9-5-4-8-18(19)22/h1-9,16,20H,10-15H2. The Morgan fingerprint density at radius 2 is 1.77 bits per heavy atom. The van der Waals surface area contributed by atoms with E-state index in [4.69, 9.17) is 9.47 Å². The molecule has 0 aliphatic carbocycles. The van der Waals surface area contributed by atoms with Gasteiger partial charge in [-0.3, -0.25) is 9.69 Å². The molecule has 2 bridgehead atoms. The lowest BCUT2D eigenvalue weighted by Gasteiger charge is -2.45. The first-order valence-electron chi connectivity index (χ1n) is 9.50. The summed E-state index contributed by atoms with van der Waals surface area (Å²) >= 11 is 0. The molecule has 2 atom stereocenters. The molecule has 3 saturated heterocycles. The van der Waals surface area contributed by atoms with E-state index in [9.17, 15) is 4.79 Å². The number of piperidine rings is 3. The van der Waals surface area contributed by atoms with Crippen molar-refractivity contribution in [1.29, 1.82) is 0 Å². The van der Waals surface area contributed by atoms with Crippen LogP contribution in [-0.2, 0) is 14.9 Å². The van der Waals surface area contributed by atoms with E-state index >= 15 is 0 Å². The number of carbonyl (C=O) groups is 1. The topological polar surface area (TPSA) is 38.8 Å². The summed E-state index contributed by atoms with van der Waals surface area (Å²) in [5, 5.41) is 0. The van der Waals surface area contributed by atoms with E-state index in [1.807, 2.05) is 54.6 Å². The molecule has 6 rings (SSSR count). The molecular formula is C22H23NO3. The third kappa shape index (κ3) is 2.36. The zero-order valence-electron chi connectivity index (χ0n) is 14.8. The fourth-order valence-corrected chi connectivity index (χ4v) is 4.71. The fraction of sp³-hybridized carbons (Fsp3) is 0.409. The van der Waals surface area contributed by atoms with Crippen molar-refractivity contribution in [2.45, 2.75) is 30.9 Å². The Morgan fingerprint density at radius 1 is 1.04 bits per heavy atom. The molecular weight excluding hydrogens is 326 g/mol. The highest BCUT2D eigenvalue weighted by Crippen LogP contribution is 2.45. The highest BCUT2D eigenvalue weighted by molar-refractivity contribution is 5.90. The number of rotatable bonds is 3. The molecule has 4 aliphatic rings. The van der Waals surface area contributed by atoms with Crippen molar-refractivity contribution in [2.24, 2.45) is 5.92 Å². The molecule has 2 unspecified atom stereocenters. The van der Waals surface area contributed by atoms with Crippen molar-refractivity contribution in [3.05, 3.63) is 65.7 Å². The van der Waals surface area contributed by atoms with E-state index in [2.05, 4.69) is 4.90 Å². The first-order chi connectivity index (χ1) is 12.8. The van der Waals surface area contributed by atoms with Gasteiger partial charge in [0.2, 0.25) is 0 Å². The number of benzene rings is 2. The number of ether oxygens (including phenoxy) is 2. The fourth-order valence-electron chi connectivity index (χ4n) is 4.71. The van der Waals surface area contributed by atoms with Crippen LogP contribution < -0.4 is 4.74 Å². The van der Waals surface area contributed by atoms with Crippen LogP contribution >= 0.6 is 0 Å². The van der Waals surface area contributed by atoms with Crippen molar-refractivity contribution >= 4 is 5.97 Å². The molecule has 0 spiro atoms. The van der Waals surface area contributed by atoms with Crippen LogP contribution in [0.1, 0.15) is 30.4 Å². The zero-order chi connectivity index (χ0) is 17.6. The molecule has 2 aromatic carbocycles. The predicted octanol–water partition coefficient (Wildman–Crippen LogP) is 3.35. The van der Waals surface area contributed by atoms with Crippen molar-refractivity contribution in [3.8, 4) is 5.75 Å². The van der Waals surface area contributed by atoms with E-state index in [0.717, 1.165) is 36.4 Å². The van der Waals surface area contributed by atoms with E-state index in [0.29, 0.717) is 12.5 Å². The molecule has 4 heteroatoms. The van der Waals surface area contributed by atoms with Gasteiger partial charge in [0.25, 0.3) is 0 Å². The molecule has 0 aromatic heterocycles. The van der Waals surface area contributed by atoms with Crippen LogP contribution in [0.4, 0.5) is 0 Å². The second kappa shape index (κ2) is 6.13. The van der Waals surface area contributed by atoms with Gasteiger partial charge in [0.15, 0.2) is 11.6 Å². The molecule has 4 heterocycles. The molecule has 0 amide bonds. The maximum Gasteiger partial charge on any atom is 0.326 e. The van der Waals surface area contributed by atoms with Crippen molar-refractivity contribution in [1.82, 2.24) is 4.90 Å². The third-order valence-corrected chi connectivity index (χ3v) is 6.24. The summed E-state index contributed by atoms with van der Waals surface area (Å²) in [6.45, 7) is 2.37. The summed E-state index contributed by atoms with van der Waals surface area (Å²) in [5.74, 6) is 1.28. The average Bonchev–Trinajstić information content (AvgIpc) is 3.10. The monoisotopic (exact) mass is 349 g/mol. The van der Waals surface area contributed by atoms with Crippen molar-refractivity contribution in [3.63, 3.8) is 0 Å². The van der Waals surface area contributed by atoms with Crippen LogP contribution in [0, 0.1) is 5.92 Å². The minimum Gasteiger partial charge on any atom is -0.491 e. The van der Waals surface area contributed by atoms with Gasteiger partial charge in [0, 0.05) is 25.1 Å². The first-order valence-corrected chi connectivity index (χ1v) is 9.50. The smallest absolute Gasteiger partial charge is 0.326 e. The lowest BCUT2D eigenvalue weighted by Crippen LogP contribution is -2.53. The number of para-hydroxylation sites is 1. The summed E-state index contributed by atoms with van der Waals surface area (Å²) in [7, 11) is 0. The highest BCUT2D eigenvalue weighted by Gasteiger charge is 2.51. The normalized spacial score (nSPS) is 31.9. The van der Waals surface area contributed by atoms with Gasteiger partial charge in [-0.1, -0.05) is 48.5 Å². The van der Waals surface area contributed by atoms with E-state index in [-0.39, 0.29) is 12.2 Å². The summed E-state index contributed by atoms with van der Waals surface area (Å²) in [4.78, 5) is 15.9. The van der Waals surface area contributed by atoms with Gasteiger partial charge in [-0.25, -0.2) is 0 Å². The average molecular weight is 349 g/mol. The second-order valence-corrected chi connectivity index (χ2v) is 7.63. The third-order valence-electron chi connectivity index (χ3n) is 6.24. The number of nitrogens with zero attached hydrogens (tertiary/aromatic N) is 1. The molecule has 3 fully saturated rings. The minimum absolute atomic E-state index is 0.0941. The van der Waals surface area contributed by atoms with E-state index in [1.54, 1.807) is 0 Å². The Bertz CT molecular complexity index is 813. The maximum absolute atomic E-state index is 13.5. The lowest BCUT2D eigenvalue weighted by molar-refractivity contribution is -0.176. The summed E-state index contributed by atoms with van der Waals surface area (Å²) in [6.07, 6.45) is 3.32. The Labute approximate surface area is 153 Å². The van der Waals surface area contributed by atoms with Gasteiger partial charge < -0.3 is 9.47 Å². The van der Waals surface area contributed by atoms with Gasteiger partial charge in [-0.15, -0.1) is 0 Å². The summed E-state index contributed by atoms with van der Waals surface area (Å²) < 4.78 is 12.1. The molecule has 4 aliphatic heterocycles. The van der Waals surface area contributed by atoms with Gasteiger partial charge in [-0.2, -0.15) is 0 Å². The molecule has 134 valence electrons. The molecule has 26 heavy (non-hydrogen) atoms. The van der Waals surface area contributed by atoms with Crippen LogP contribution in [-0.4, -0.2) is 36.8 Å². The number of carbonyl (C=O) groups excluding carboxylic acids is 1. The van der Waals surface area contributed by atoms with Crippen molar-refractivity contribution in [2.75, 3.05) is 19.7 Å². The zero-order valence-corrected chi connectivity index (χ0v) is 14.8. The second-order valence-electron chi connectivity index (χ2n) is 7.63. The summed E-state index contributed by atoms with van der Waals surface area (Å²) in [5.41, 5.74) is 0.966. The highest BCUT2D eigenvalue weighted by atomic mass is 16.6. The Morgan fingerprint density at radius 3 is 2.50 bits per heavy atom. The molecule has 2 aromatic rings. The largest absolute Gasteiger partial charge is 0.491 e. The van der Waals surface area contributed by atoms with E-state index in [1.165, 1.54) is 12.8 Å². The SMILES string of the molecule is O=C(OC1CC2CCN1CC2)C1(c2ccccc2)COc2ccccc21. The van der Waals surface area contributed by atoms with Crippen LogP contribution in [0.5, 0.6) is 5.75 Å². The van der Waals surface area contributed by atoms with Crippen LogP contribution in [0.2, 0.25) is 0 Å². The van der Waals surface area contributed by atoms with Gasteiger partial charge >= 0.3 is 5.97 Å². The molecule has 0 saturated carbocycles. The van der Waals surface area contributed by atoms with Crippen LogP contribution in [0.25, 0.3) is 0 Å². The van der Waals surface area contributed by atoms with Crippen LogP contribution in [0.3, 0.4) is 0 Å². The maximum atomic E-state index is 13.5. The Hall–Kier alpha value is -2.33. The van der Waals surface area contributed by atoms with Gasteiger partial charge in [0.1, 0.15) is 12.4 Å². The van der Waals surface area contributed by atoms with E-state index < -0.39 is 5.41 Å². The number of esters is 1. The number of fused-ring (bicyclic) bond motifs is 4. The summed E-state index contributed by atoms with van der Waals surface area (Å²) in [6, 6.07) is 17.7. The van der Waals surface area contributed by atoms with Gasteiger partial charge in [-0.05, 0) is 30.4 Å². The van der Waals surface area contributed by atoms with Crippen molar-refractivity contribution < 1.29 is 14.3 Å². The molecule has 0 radical (unpaired) electrons.